The van der Waals surface area contributed by atoms with E-state index in [1.54, 1.807) is 6.20 Å². The maximum absolute atomic E-state index is 11.8. The number of carbonyl (C=O) groups excluding carboxylic acids is 2. The molecule has 0 bridgehead atoms. The molecule has 0 atom stereocenters. The minimum atomic E-state index is -0.395. The van der Waals surface area contributed by atoms with Gasteiger partial charge in [-0.15, -0.1) is 0 Å². The highest BCUT2D eigenvalue weighted by atomic mass is 16.7. The molecule has 0 amide bonds. The Labute approximate surface area is 117 Å². The smallest absolute Gasteiger partial charge is 0.448 e. The van der Waals surface area contributed by atoms with Crippen LogP contribution >= 0.6 is 0 Å². The largest absolute Gasteiger partial charge is 0.457 e. The van der Waals surface area contributed by atoms with Crippen molar-refractivity contribution in [2.24, 2.45) is 0 Å². The highest BCUT2D eigenvalue weighted by Gasteiger charge is 2.28. The predicted octanol–water partition coefficient (Wildman–Crippen LogP) is 2.67. The maximum Gasteiger partial charge on any atom is 0.448 e. The zero-order chi connectivity index (χ0) is 14.5. The zero-order valence-corrected chi connectivity index (χ0v) is 11.4. The molecule has 0 spiro atoms. The van der Waals surface area contributed by atoms with Gasteiger partial charge < -0.3 is 9.68 Å². The van der Waals surface area contributed by atoms with Crippen molar-refractivity contribution in [1.82, 2.24) is 5.32 Å². The van der Waals surface area contributed by atoms with E-state index in [1.165, 1.54) is 13.8 Å². The molecule has 1 aromatic rings. The van der Waals surface area contributed by atoms with Crippen LogP contribution in [0.3, 0.4) is 0 Å². The number of hydrogen-bond acceptors (Lipinski definition) is 3. The molecule has 1 aromatic carbocycles. The Morgan fingerprint density at radius 3 is 2.15 bits per heavy atom. The Bertz CT molecular complexity index is 598. The molecule has 20 heavy (non-hydrogen) atoms. The number of benzene rings is 1. The van der Waals surface area contributed by atoms with E-state index in [2.05, 4.69) is 9.68 Å². The quantitative estimate of drug-likeness (QED) is 0.389. The summed E-state index contributed by atoms with van der Waals surface area (Å²) in [6, 6.07) is 9.30. The maximum atomic E-state index is 11.8. The van der Waals surface area contributed by atoms with Crippen LogP contribution in [0.4, 0.5) is 0 Å². The van der Waals surface area contributed by atoms with Gasteiger partial charge in [0.05, 0.1) is 19.5 Å². The van der Waals surface area contributed by atoms with E-state index >= 15 is 0 Å². The summed E-state index contributed by atoms with van der Waals surface area (Å²) in [5.74, 6) is -0.312. The van der Waals surface area contributed by atoms with Crippen LogP contribution in [0.15, 0.2) is 60.5 Å². The Balaban J connectivity index is 2.61. The van der Waals surface area contributed by atoms with Gasteiger partial charge in [-0.25, -0.2) is 0 Å². The first kappa shape index (κ1) is 13.8. The van der Waals surface area contributed by atoms with Crippen molar-refractivity contribution in [3.8, 4) is 0 Å². The molecule has 0 unspecified atom stereocenters. The van der Waals surface area contributed by atoms with Crippen molar-refractivity contribution >= 4 is 17.7 Å². The second-order valence-corrected chi connectivity index (χ2v) is 4.26. The van der Waals surface area contributed by atoms with Gasteiger partial charge in [0, 0.05) is 11.8 Å². The molecule has 0 fully saturated rings. The fourth-order valence-electron chi connectivity index (χ4n) is 2.00. The van der Waals surface area contributed by atoms with E-state index in [0.717, 1.165) is 5.56 Å². The van der Waals surface area contributed by atoms with Crippen LogP contribution < -0.4 is 5.32 Å². The van der Waals surface area contributed by atoms with Crippen molar-refractivity contribution < 1.29 is 14.0 Å². The minimum absolute atomic E-state index is 0.395. The zero-order valence-electron chi connectivity index (χ0n) is 11.4. The normalized spacial score (nSPS) is 15.5. The first-order valence-corrected chi connectivity index (χ1v) is 6.26. The fraction of sp³-hybridized carbons (Fsp3) is 0.125. The van der Waals surface area contributed by atoms with E-state index < -0.39 is 11.9 Å². The summed E-state index contributed by atoms with van der Waals surface area (Å²) < 4.78 is 2.14. The summed E-state index contributed by atoms with van der Waals surface area (Å²) in [7, 11) is 0. The van der Waals surface area contributed by atoms with Crippen LogP contribution in [0.1, 0.15) is 19.4 Å². The van der Waals surface area contributed by atoms with Crippen molar-refractivity contribution in [3.05, 3.63) is 66.0 Å². The molecule has 0 aliphatic carbocycles. The molecule has 0 saturated heterocycles. The lowest BCUT2D eigenvalue weighted by Crippen LogP contribution is -2.26. The van der Waals surface area contributed by atoms with E-state index in [9.17, 15) is 9.59 Å². The molecule has 1 aliphatic heterocycles. The number of hydrogen-bond donors (Lipinski definition) is 1. The van der Waals surface area contributed by atoms with E-state index in [4.69, 9.17) is 0 Å². The highest BCUT2D eigenvalue weighted by molar-refractivity contribution is 5.95. The molecular weight excluding hydrogens is 254 g/mol. The van der Waals surface area contributed by atoms with Gasteiger partial charge in [-0.3, -0.25) is 0 Å². The fourth-order valence-corrected chi connectivity index (χ4v) is 2.00. The molecule has 1 N–H and O–H groups in total. The standard InChI is InChI=1S/C16H16NO3/c1-12(18)20(13(2)19)16(14-8-4-3-5-9-14)15-10-6-7-11-17-15/h3-11,17H,1-2H3/q+1/b16-15-. The molecule has 0 aromatic heterocycles. The highest BCUT2D eigenvalue weighted by Crippen LogP contribution is 2.28. The molecule has 4 heteroatoms. The summed E-state index contributed by atoms with van der Waals surface area (Å²) in [5.41, 5.74) is 1.44. The average molecular weight is 270 g/mol. The first-order chi connectivity index (χ1) is 9.61. The number of allylic oxidation sites excluding steroid dienone is 3. The lowest BCUT2D eigenvalue weighted by molar-refractivity contribution is -0.175. The second-order valence-electron chi connectivity index (χ2n) is 4.26. The molecular formula is C16H16NO3+. The van der Waals surface area contributed by atoms with Crippen LogP contribution in [-0.2, 0) is 14.0 Å². The third-order valence-electron chi connectivity index (χ3n) is 2.77. The average Bonchev–Trinajstić information content (AvgIpc) is 2.45. The predicted molar refractivity (Wildman–Crippen MR) is 77.2 cm³/mol. The van der Waals surface area contributed by atoms with Gasteiger partial charge in [0.1, 0.15) is 0 Å². The van der Waals surface area contributed by atoms with Crippen molar-refractivity contribution in [1.29, 1.82) is 0 Å². The van der Waals surface area contributed by atoms with Gasteiger partial charge in [-0.1, -0.05) is 33.9 Å². The summed E-state index contributed by atoms with van der Waals surface area (Å²) in [6.45, 7) is 2.69. The van der Waals surface area contributed by atoms with Gasteiger partial charge in [0.2, 0.25) is 0 Å². The van der Waals surface area contributed by atoms with E-state index in [1.807, 2.05) is 48.6 Å². The Kier molecular flexibility index (Phi) is 4.15. The molecule has 0 radical (unpaired) electrons. The lowest BCUT2D eigenvalue weighted by Gasteiger charge is -2.23. The number of dihydropyridines is 1. The summed E-state index contributed by atoms with van der Waals surface area (Å²) in [4.78, 5) is 23.6. The second kappa shape index (κ2) is 6.02. The summed E-state index contributed by atoms with van der Waals surface area (Å²) >= 11 is 0. The van der Waals surface area contributed by atoms with Gasteiger partial charge in [0.25, 0.3) is 0 Å². The number of carbonyl (C=O) groups is 2. The lowest BCUT2D eigenvalue weighted by atomic mass is 10.1. The molecule has 2 rings (SSSR count). The minimum Gasteiger partial charge on any atom is -0.457 e. The van der Waals surface area contributed by atoms with Crippen LogP contribution in [0.5, 0.6) is 0 Å². The van der Waals surface area contributed by atoms with Crippen LogP contribution in [0.2, 0.25) is 0 Å². The van der Waals surface area contributed by atoms with Crippen molar-refractivity contribution in [2.75, 3.05) is 0 Å². The van der Waals surface area contributed by atoms with Crippen LogP contribution in [0.25, 0.3) is 5.76 Å². The Morgan fingerprint density at radius 2 is 1.65 bits per heavy atom. The van der Waals surface area contributed by atoms with Gasteiger partial charge in [-0.2, -0.15) is 0 Å². The third-order valence-corrected chi connectivity index (χ3v) is 2.77. The topological polar surface area (TPSA) is 48.9 Å². The SMILES string of the molecule is CC(=O)[O+](C(C)=O)/C(=C1/C=CC=CN1)c1ccccc1. The van der Waals surface area contributed by atoms with Crippen molar-refractivity contribution in [3.63, 3.8) is 0 Å². The number of rotatable bonds is 2. The van der Waals surface area contributed by atoms with E-state index in [-0.39, 0.29) is 0 Å². The van der Waals surface area contributed by atoms with Crippen molar-refractivity contribution in [2.45, 2.75) is 13.8 Å². The van der Waals surface area contributed by atoms with Gasteiger partial charge >= 0.3 is 11.9 Å². The monoisotopic (exact) mass is 270 g/mol. The number of nitrogens with one attached hydrogen (secondary N) is 1. The molecule has 102 valence electrons. The summed E-state index contributed by atoms with van der Waals surface area (Å²) in [5, 5.41) is 3.05. The third kappa shape index (κ3) is 2.85. The molecule has 0 saturated carbocycles. The van der Waals surface area contributed by atoms with Crippen LogP contribution in [0, 0.1) is 0 Å². The van der Waals surface area contributed by atoms with Gasteiger partial charge in [-0.05, 0) is 24.3 Å². The Morgan fingerprint density at radius 1 is 1.00 bits per heavy atom. The Hall–Kier alpha value is -2.62. The molecule has 1 aliphatic rings. The van der Waals surface area contributed by atoms with Gasteiger partial charge in [0.15, 0.2) is 5.76 Å². The van der Waals surface area contributed by atoms with E-state index in [0.29, 0.717) is 11.5 Å². The molecule has 1 heterocycles. The first-order valence-electron chi connectivity index (χ1n) is 6.26. The van der Waals surface area contributed by atoms with Crippen LogP contribution in [-0.4, -0.2) is 11.9 Å². The molecule has 4 nitrogen and oxygen atoms in total. The summed E-state index contributed by atoms with van der Waals surface area (Å²) in [6.07, 6.45) is 7.24.